The van der Waals surface area contributed by atoms with E-state index < -0.39 is 21.8 Å². The van der Waals surface area contributed by atoms with Crippen molar-refractivity contribution in [1.29, 1.82) is 0 Å². The predicted molar refractivity (Wildman–Crippen MR) is 88.1 cm³/mol. The van der Waals surface area contributed by atoms with E-state index in [0.29, 0.717) is 25.8 Å². The Morgan fingerprint density at radius 2 is 2.12 bits per heavy atom. The minimum absolute atomic E-state index is 0.00992. The Hall–Kier alpha value is -1.22. The van der Waals surface area contributed by atoms with E-state index in [0.717, 1.165) is 12.1 Å². The van der Waals surface area contributed by atoms with Crippen LogP contribution < -0.4 is 0 Å². The van der Waals surface area contributed by atoms with Crippen LogP contribution in [0.25, 0.3) is 0 Å². The number of hydrogen-bond acceptors (Lipinski definition) is 4. The van der Waals surface area contributed by atoms with Crippen LogP contribution in [0.2, 0.25) is 5.02 Å². The van der Waals surface area contributed by atoms with Gasteiger partial charge in [-0.05, 0) is 44.5 Å². The number of carbonyl (C=O) groups is 1. The fraction of sp³-hybridized carbons (Fsp3) is 0.533. The van der Waals surface area contributed by atoms with Gasteiger partial charge in [0.05, 0.1) is 11.6 Å². The first kappa shape index (κ1) is 19.1. The maximum Gasteiger partial charge on any atom is 0.317 e. The highest BCUT2D eigenvalue weighted by Crippen LogP contribution is 2.27. The molecular formula is C15H20ClFN2O4S. The molecule has 1 heterocycles. The van der Waals surface area contributed by atoms with E-state index >= 15 is 0 Å². The monoisotopic (exact) mass is 378 g/mol. The molecule has 2 rings (SSSR count). The Bertz CT molecular complexity index is 713. The fourth-order valence-electron chi connectivity index (χ4n) is 2.89. The van der Waals surface area contributed by atoms with Gasteiger partial charge in [-0.2, -0.15) is 4.31 Å². The Labute approximate surface area is 145 Å². The first-order valence-electron chi connectivity index (χ1n) is 7.59. The number of hydrogen-bond donors (Lipinski definition) is 1. The van der Waals surface area contributed by atoms with Crippen LogP contribution in [-0.2, 0) is 14.8 Å². The van der Waals surface area contributed by atoms with Gasteiger partial charge in [-0.1, -0.05) is 11.6 Å². The molecule has 1 aliphatic rings. The van der Waals surface area contributed by atoms with Crippen molar-refractivity contribution in [3.05, 3.63) is 29.0 Å². The SMILES string of the molecule is CN(CC(=O)O)C1CCCN(S(=O)(=O)c2cc(F)ccc2Cl)CC1. The van der Waals surface area contributed by atoms with Crippen molar-refractivity contribution in [2.24, 2.45) is 0 Å². The van der Waals surface area contributed by atoms with Gasteiger partial charge in [0.15, 0.2) is 0 Å². The van der Waals surface area contributed by atoms with Crippen LogP contribution in [0.4, 0.5) is 4.39 Å². The van der Waals surface area contributed by atoms with Crippen LogP contribution in [0.15, 0.2) is 23.1 Å². The molecule has 1 aromatic carbocycles. The number of aliphatic carboxylic acids is 1. The number of halogens is 2. The van der Waals surface area contributed by atoms with Crippen molar-refractivity contribution in [3.8, 4) is 0 Å². The molecule has 1 unspecified atom stereocenters. The molecule has 0 spiro atoms. The normalized spacial score (nSPS) is 20.1. The smallest absolute Gasteiger partial charge is 0.317 e. The molecule has 24 heavy (non-hydrogen) atoms. The molecule has 0 aromatic heterocycles. The largest absolute Gasteiger partial charge is 0.480 e. The lowest BCUT2D eigenvalue weighted by Gasteiger charge is -2.25. The molecule has 1 atom stereocenters. The number of benzene rings is 1. The zero-order valence-corrected chi connectivity index (χ0v) is 14.9. The first-order chi connectivity index (χ1) is 11.2. The van der Waals surface area contributed by atoms with Gasteiger partial charge in [0.2, 0.25) is 10.0 Å². The highest BCUT2D eigenvalue weighted by atomic mass is 35.5. The van der Waals surface area contributed by atoms with Crippen molar-refractivity contribution in [1.82, 2.24) is 9.21 Å². The Morgan fingerprint density at radius 1 is 1.42 bits per heavy atom. The van der Waals surface area contributed by atoms with Gasteiger partial charge in [0, 0.05) is 19.1 Å². The molecule has 134 valence electrons. The molecule has 1 aliphatic heterocycles. The molecule has 0 bridgehead atoms. The van der Waals surface area contributed by atoms with Crippen LogP contribution >= 0.6 is 11.6 Å². The number of sulfonamides is 1. The van der Waals surface area contributed by atoms with Crippen LogP contribution in [0.1, 0.15) is 19.3 Å². The minimum atomic E-state index is -3.88. The van der Waals surface area contributed by atoms with Crippen LogP contribution in [0, 0.1) is 5.82 Å². The summed E-state index contributed by atoms with van der Waals surface area (Å²) in [6, 6.07) is 3.26. The van der Waals surface area contributed by atoms with E-state index in [4.69, 9.17) is 16.7 Å². The molecule has 0 saturated carbocycles. The summed E-state index contributed by atoms with van der Waals surface area (Å²) in [6.45, 7) is 0.448. The zero-order valence-electron chi connectivity index (χ0n) is 13.3. The van der Waals surface area contributed by atoms with E-state index in [2.05, 4.69) is 0 Å². The van der Waals surface area contributed by atoms with E-state index in [1.807, 2.05) is 0 Å². The summed E-state index contributed by atoms with van der Waals surface area (Å²) in [5.74, 6) is -1.58. The van der Waals surface area contributed by atoms with Crippen LogP contribution in [0.3, 0.4) is 0 Å². The topological polar surface area (TPSA) is 77.9 Å². The van der Waals surface area contributed by atoms with Crippen LogP contribution in [0.5, 0.6) is 0 Å². The summed E-state index contributed by atoms with van der Waals surface area (Å²) in [4.78, 5) is 12.3. The lowest BCUT2D eigenvalue weighted by atomic mass is 10.1. The Balaban J connectivity index is 2.15. The number of likely N-dealkylation sites (N-methyl/N-ethyl adjacent to an activating group) is 1. The van der Waals surface area contributed by atoms with Gasteiger partial charge >= 0.3 is 5.97 Å². The molecule has 0 radical (unpaired) electrons. The van der Waals surface area contributed by atoms with Crippen molar-refractivity contribution >= 4 is 27.6 Å². The molecule has 1 N–H and O–H groups in total. The lowest BCUT2D eigenvalue weighted by Crippen LogP contribution is -2.37. The van der Waals surface area contributed by atoms with E-state index in [-0.39, 0.29) is 29.0 Å². The third-order valence-electron chi connectivity index (χ3n) is 4.18. The second kappa shape index (κ2) is 7.77. The zero-order chi connectivity index (χ0) is 17.9. The number of carboxylic acids is 1. The average Bonchev–Trinajstić information content (AvgIpc) is 2.75. The molecular weight excluding hydrogens is 359 g/mol. The van der Waals surface area contributed by atoms with E-state index in [1.165, 1.54) is 10.4 Å². The van der Waals surface area contributed by atoms with Gasteiger partial charge in [-0.15, -0.1) is 0 Å². The summed E-state index contributed by atoms with van der Waals surface area (Å²) < 4.78 is 40.2. The van der Waals surface area contributed by atoms with Gasteiger partial charge in [-0.3, -0.25) is 9.69 Å². The first-order valence-corrected chi connectivity index (χ1v) is 9.41. The molecule has 1 fully saturated rings. The maximum absolute atomic E-state index is 13.4. The van der Waals surface area contributed by atoms with Crippen molar-refractivity contribution < 1.29 is 22.7 Å². The summed E-state index contributed by atoms with van der Waals surface area (Å²) >= 11 is 5.93. The lowest BCUT2D eigenvalue weighted by molar-refractivity contribution is -0.138. The van der Waals surface area contributed by atoms with Crippen LogP contribution in [-0.4, -0.2) is 61.4 Å². The highest BCUT2D eigenvalue weighted by molar-refractivity contribution is 7.89. The second-order valence-corrected chi connectivity index (χ2v) is 8.19. The van der Waals surface area contributed by atoms with E-state index in [1.54, 1.807) is 11.9 Å². The number of rotatable bonds is 5. The average molecular weight is 379 g/mol. The van der Waals surface area contributed by atoms with Crippen molar-refractivity contribution in [3.63, 3.8) is 0 Å². The minimum Gasteiger partial charge on any atom is -0.480 e. The van der Waals surface area contributed by atoms with Gasteiger partial charge in [0.25, 0.3) is 0 Å². The number of nitrogens with zero attached hydrogens (tertiary/aromatic N) is 2. The highest BCUT2D eigenvalue weighted by Gasteiger charge is 2.30. The van der Waals surface area contributed by atoms with Crippen molar-refractivity contribution in [2.45, 2.75) is 30.2 Å². The molecule has 1 saturated heterocycles. The van der Waals surface area contributed by atoms with Gasteiger partial charge in [-0.25, -0.2) is 12.8 Å². The molecule has 9 heteroatoms. The number of carboxylic acid groups (broad SMARTS) is 1. The Morgan fingerprint density at radius 3 is 2.79 bits per heavy atom. The predicted octanol–water partition coefficient (Wildman–Crippen LogP) is 2.04. The molecule has 0 amide bonds. The molecule has 6 nitrogen and oxygen atoms in total. The summed E-state index contributed by atoms with van der Waals surface area (Å²) in [5.41, 5.74) is 0. The summed E-state index contributed by atoms with van der Waals surface area (Å²) in [7, 11) is -2.17. The van der Waals surface area contributed by atoms with Gasteiger partial charge in [0.1, 0.15) is 10.7 Å². The third-order valence-corrected chi connectivity index (χ3v) is 6.56. The standard InChI is InChI=1S/C15H20ClFN2O4S/c1-18(10-15(20)21)12-3-2-7-19(8-6-12)24(22,23)14-9-11(17)4-5-13(14)16/h4-5,9,12H,2-3,6-8,10H2,1H3,(H,20,21). The van der Waals surface area contributed by atoms with E-state index in [9.17, 15) is 17.6 Å². The summed E-state index contributed by atoms with van der Waals surface area (Å²) in [5, 5.41) is 8.86. The second-order valence-electron chi connectivity index (χ2n) is 5.87. The Kier molecular flexibility index (Phi) is 6.19. The van der Waals surface area contributed by atoms with Gasteiger partial charge < -0.3 is 5.11 Å². The fourth-order valence-corrected chi connectivity index (χ4v) is 4.87. The summed E-state index contributed by atoms with van der Waals surface area (Å²) in [6.07, 6.45) is 1.81. The molecule has 1 aromatic rings. The molecule has 0 aliphatic carbocycles. The third kappa shape index (κ3) is 4.44. The quantitative estimate of drug-likeness (QED) is 0.848. The van der Waals surface area contributed by atoms with Crippen molar-refractivity contribution in [2.75, 3.05) is 26.7 Å². The maximum atomic E-state index is 13.4.